The molecular formula is C8H14O3. The van der Waals surface area contributed by atoms with Gasteiger partial charge in [-0.05, 0) is 12.5 Å². The highest BCUT2D eigenvalue weighted by Crippen LogP contribution is 2.04. The van der Waals surface area contributed by atoms with Crippen LogP contribution in [0.3, 0.4) is 0 Å². The molecule has 2 N–H and O–H groups in total. The minimum Gasteiger partial charge on any atom is -0.513 e. The molecule has 0 unspecified atom stereocenters. The summed E-state index contributed by atoms with van der Waals surface area (Å²) in [6.45, 7) is 2.02. The van der Waals surface area contributed by atoms with Crippen molar-refractivity contribution >= 4 is 5.97 Å². The van der Waals surface area contributed by atoms with Crippen LogP contribution in [0.4, 0.5) is 0 Å². The number of aliphatic carboxylic acids is 1. The quantitative estimate of drug-likeness (QED) is 0.602. The van der Waals surface area contributed by atoms with Crippen LogP contribution in [0.5, 0.6) is 0 Å². The maximum absolute atomic E-state index is 10.0. The van der Waals surface area contributed by atoms with Gasteiger partial charge in [0.2, 0.25) is 0 Å². The Hall–Kier alpha value is -0.990. The number of carboxylic acid groups (broad SMARTS) is 1. The first kappa shape index (κ1) is 10.0. The number of carbonyl (C=O) groups is 1. The highest BCUT2D eigenvalue weighted by molar-refractivity contribution is 5.68. The highest BCUT2D eigenvalue weighted by atomic mass is 16.4. The first-order valence-electron chi connectivity index (χ1n) is 3.76. The zero-order valence-corrected chi connectivity index (χ0v) is 6.71. The summed E-state index contributed by atoms with van der Waals surface area (Å²) in [6, 6.07) is 0. The van der Waals surface area contributed by atoms with Crippen molar-refractivity contribution in [3.63, 3.8) is 0 Å². The van der Waals surface area contributed by atoms with Gasteiger partial charge < -0.3 is 10.2 Å². The van der Waals surface area contributed by atoms with E-state index in [2.05, 4.69) is 0 Å². The molecule has 0 saturated carbocycles. The largest absolute Gasteiger partial charge is 0.513 e. The van der Waals surface area contributed by atoms with E-state index in [1.165, 1.54) is 6.08 Å². The molecule has 0 amide bonds. The average molecular weight is 158 g/mol. The normalized spacial score (nSPS) is 11.5. The van der Waals surface area contributed by atoms with Crippen molar-refractivity contribution in [1.29, 1.82) is 0 Å². The molecule has 0 aliphatic rings. The summed E-state index contributed by atoms with van der Waals surface area (Å²) in [5, 5.41) is 17.3. The molecule has 0 aromatic rings. The van der Waals surface area contributed by atoms with Crippen LogP contribution < -0.4 is 0 Å². The first-order valence-corrected chi connectivity index (χ1v) is 3.76. The highest BCUT2D eigenvalue weighted by Gasteiger charge is 1.95. The van der Waals surface area contributed by atoms with E-state index in [1.54, 1.807) is 0 Å². The van der Waals surface area contributed by atoms with Crippen LogP contribution in [-0.4, -0.2) is 16.2 Å². The lowest BCUT2D eigenvalue weighted by atomic mass is 10.2. The van der Waals surface area contributed by atoms with Gasteiger partial charge in [-0.25, -0.2) is 0 Å². The molecule has 0 spiro atoms. The SMILES string of the molecule is CCCCC(O)=CCC(=O)O. The van der Waals surface area contributed by atoms with Crippen LogP contribution in [0.25, 0.3) is 0 Å². The molecule has 3 heteroatoms. The number of aliphatic hydroxyl groups is 1. The standard InChI is InChI=1S/C8H14O3/c1-2-3-4-7(9)5-6-8(10)11/h5,9H,2-4,6H2,1H3,(H,10,11). The molecule has 0 aromatic heterocycles. The van der Waals surface area contributed by atoms with Crippen molar-refractivity contribution in [1.82, 2.24) is 0 Å². The predicted molar refractivity (Wildman–Crippen MR) is 42.5 cm³/mol. The van der Waals surface area contributed by atoms with E-state index >= 15 is 0 Å². The molecule has 0 aliphatic heterocycles. The Morgan fingerprint density at radius 3 is 2.55 bits per heavy atom. The maximum Gasteiger partial charge on any atom is 0.307 e. The Labute approximate surface area is 66.4 Å². The van der Waals surface area contributed by atoms with E-state index in [0.717, 1.165) is 12.8 Å². The molecule has 11 heavy (non-hydrogen) atoms. The first-order chi connectivity index (χ1) is 5.16. The molecular weight excluding hydrogens is 144 g/mol. The summed E-state index contributed by atoms with van der Waals surface area (Å²) in [4.78, 5) is 10.0. The third-order valence-electron chi connectivity index (χ3n) is 1.30. The Balaban J connectivity index is 3.54. The van der Waals surface area contributed by atoms with Gasteiger partial charge in [0, 0.05) is 6.42 Å². The minimum atomic E-state index is -0.909. The number of hydrogen-bond donors (Lipinski definition) is 2. The number of carboxylic acids is 1. The lowest BCUT2D eigenvalue weighted by molar-refractivity contribution is -0.136. The Morgan fingerprint density at radius 2 is 2.09 bits per heavy atom. The van der Waals surface area contributed by atoms with Crippen molar-refractivity contribution in [3.05, 3.63) is 11.8 Å². The second-order valence-electron chi connectivity index (χ2n) is 2.40. The van der Waals surface area contributed by atoms with Gasteiger partial charge in [0.1, 0.15) is 0 Å². The number of allylic oxidation sites excluding steroid dienone is 1. The van der Waals surface area contributed by atoms with Crippen molar-refractivity contribution in [2.45, 2.75) is 32.6 Å². The van der Waals surface area contributed by atoms with Crippen LogP contribution in [0, 0.1) is 0 Å². The van der Waals surface area contributed by atoms with Crippen LogP contribution in [0.2, 0.25) is 0 Å². The fraction of sp³-hybridized carbons (Fsp3) is 0.625. The second kappa shape index (κ2) is 5.77. The van der Waals surface area contributed by atoms with Crippen molar-refractivity contribution in [2.75, 3.05) is 0 Å². The molecule has 64 valence electrons. The average Bonchev–Trinajstić information content (AvgIpc) is 1.97. The molecule has 0 aliphatic carbocycles. The lowest BCUT2D eigenvalue weighted by Crippen LogP contribution is -1.92. The fourth-order valence-corrected chi connectivity index (χ4v) is 0.665. The zero-order chi connectivity index (χ0) is 8.69. The molecule has 0 saturated heterocycles. The number of hydrogen-bond acceptors (Lipinski definition) is 2. The van der Waals surface area contributed by atoms with Gasteiger partial charge >= 0.3 is 5.97 Å². The summed E-state index contributed by atoms with van der Waals surface area (Å²) < 4.78 is 0. The third-order valence-corrected chi connectivity index (χ3v) is 1.30. The summed E-state index contributed by atoms with van der Waals surface area (Å²) in [6.07, 6.45) is 3.75. The molecule has 0 atom stereocenters. The maximum atomic E-state index is 10.0. The summed E-state index contributed by atoms with van der Waals surface area (Å²) in [5.41, 5.74) is 0. The molecule has 0 radical (unpaired) electrons. The Morgan fingerprint density at radius 1 is 1.45 bits per heavy atom. The smallest absolute Gasteiger partial charge is 0.307 e. The topological polar surface area (TPSA) is 57.5 Å². The van der Waals surface area contributed by atoms with Gasteiger partial charge in [-0.2, -0.15) is 0 Å². The molecule has 3 nitrogen and oxygen atoms in total. The van der Waals surface area contributed by atoms with E-state index in [1.807, 2.05) is 6.92 Å². The number of aliphatic hydroxyl groups excluding tert-OH is 1. The van der Waals surface area contributed by atoms with Gasteiger partial charge in [-0.3, -0.25) is 4.79 Å². The van der Waals surface area contributed by atoms with E-state index in [-0.39, 0.29) is 12.2 Å². The third kappa shape index (κ3) is 6.90. The van der Waals surface area contributed by atoms with Gasteiger partial charge in [0.15, 0.2) is 0 Å². The van der Waals surface area contributed by atoms with Gasteiger partial charge in [-0.1, -0.05) is 13.3 Å². The monoisotopic (exact) mass is 158 g/mol. The van der Waals surface area contributed by atoms with Gasteiger partial charge in [0.05, 0.1) is 12.2 Å². The van der Waals surface area contributed by atoms with Crippen molar-refractivity contribution in [3.8, 4) is 0 Å². The lowest BCUT2D eigenvalue weighted by Gasteiger charge is -1.95. The van der Waals surface area contributed by atoms with Crippen LogP contribution in [0.1, 0.15) is 32.6 Å². The second-order valence-corrected chi connectivity index (χ2v) is 2.40. The molecule has 0 fully saturated rings. The van der Waals surface area contributed by atoms with E-state index in [0.29, 0.717) is 6.42 Å². The summed E-state index contributed by atoms with van der Waals surface area (Å²) in [5.74, 6) is -0.720. The van der Waals surface area contributed by atoms with Gasteiger partial charge in [0.25, 0.3) is 0 Å². The molecule has 0 rings (SSSR count). The zero-order valence-electron chi connectivity index (χ0n) is 6.71. The van der Waals surface area contributed by atoms with Crippen LogP contribution in [-0.2, 0) is 4.79 Å². The van der Waals surface area contributed by atoms with E-state index < -0.39 is 5.97 Å². The van der Waals surface area contributed by atoms with Gasteiger partial charge in [-0.15, -0.1) is 0 Å². The van der Waals surface area contributed by atoms with Crippen LogP contribution >= 0.6 is 0 Å². The summed E-state index contributed by atoms with van der Waals surface area (Å²) in [7, 11) is 0. The number of unbranched alkanes of at least 4 members (excludes halogenated alkanes) is 1. The Kier molecular flexibility index (Phi) is 5.25. The Bertz CT molecular complexity index is 149. The minimum absolute atomic E-state index is 0.0878. The fourth-order valence-electron chi connectivity index (χ4n) is 0.665. The van der Waals surface area contributed by atoms with Crippen LogP contribution in [0.15, 0.2) is 11.8 Å². The molecule has 0 aromatic carbocycles. The number of rotatable bonds is 5. The van der Waals surface area contributed by atoms with E-state index in [4.69, 9.17) is 10.2 Å². The summed E-state index contributed by atoms with van der Waals surface area (Å²) >= 11 is 0. The predicted octanol–water partition coefficient (Wildman–Crippen LogP) is 2.09. The molecule has 0 bridgehead atoms. The van der Waals surface area contributed by atoms with Crippen molar-refractivity contribution in [2.24, 2.45) is 0 Å². The van der Waals surface area contributed by atoms with Crippen molar-refractivity contribution < 1.29 is 15.0 Å². The van der Waals surface area contributed by atoms with E-state index in [9.17, 15) is 4.79 Å². The molecule has 0 heterocycles.